The van der Waals surface area contributed by atoms with Crippen LogP contribution in [0.2, 0.25) is 0 Å². The van der Waals surface area contributed by atoms with Gasteiger partial charge in [-0.3, -0.25) is 9.59 Å². The first kappa shape index (κ1) is 49.5. The van der Waals surface area contributed by atoms with E-state index in [1.807, 2.05) is 34.6 Å². The summed E-state index contributed by atoms with van der Waals surface area (Å²) in [6.45, 7) is 12.4. The molecule has 19 nitrogen and oxygen atoms in total. The van der Waals surface area contributed by atoms with Crippen LogP contribution >= 0.6 is 0 Å². The number of allylic oxidation sites excluding steroid dienone is 1. The molecule has 0 spiro atoms. The van der Waals surface area contributed by atoms with Crippen LogP contribution in [-0.4, -0.2) is 172 Å². The molecule has 364 valence electrons. The number of hydrogen-bond acceptors (Lipinski definition) is 16. The Morgan fingerprint density at radius 1 is 0.734 bits per heavy atom. The van der Waals surface area contributed by atoms with E-state index < -0.39 is 168 Å². The van der Waals surface area contributed by atoms with Crippen molar-refractivity contribution < 1.29 is 94.6 Å². The van der Waals surface area contributed by atoms with Gasteiger partial charge in [0.05, 0.1) is 37.4 Å². The van der Waals surface area contributed by atoms with E-state index in [1.54, 1.807) is 0 Å². The normalized spacial score (nSPS) is 51.9. The second kappa shape index (κ2) is 16.7. The molecule has 19 heteroatoms. The van der Waals surface area contributed by atoms with Crippen molar-refractivity contribution in [2.24, 2.45) is 62.1 Å². The maximum Gasteiger partial charge on any atom is 0.335 e. The molecule has 0 aromatic carbocycles. The number of carbonyl (C=O) groups is 3. The molecule has 12 N–H and O–H groups in total. The monoisotopic (exact) mass is 914 g/mol. The van der Waals surface area contributed by atoms with E-state index in [-0.39, 0.29) is 18.3 Å². The van der Waals surface area contributed by atoms with Gasteiger partial charge in [-0.1, -0.05) is 60.1 Å². The number of aliphatic hydroxyl groups is 9. The van der Waals surface area contributed by atoms with Gasteiger partial charge in [-0.05, 0) is 83.9 Å². The average molecular weight is 915 g/mol. The highest BCUT2D eigenvalue weighted by Gasteiger charge is 2.76. The van der Waals surface area contributed by atoms with Crippen LogP contribution in [0, 0.1) is 62.1 Å². The van der Waals surface area contributed by atoms with Crippen molar-refractivity contribution in [1.29, 1.82) is 0 Å². The van der Waals surface area contributed by atoms with Gasteiger partial charge < -0.3 is 80.2 Å². The molecule has 22 atom stereocenters. The molecule has 2 saturated heterocycles. The predicted octanol–water partition coefficient (Wildman–Crippen LogP) is -0.165. The van der Waals surface area contributed by atoms with E-state index in [0.717, 1.165) is 5.57 Å². The summed E-state index contributed by atoms with van der Waals surface area (Å²) in [4.78, 5) is 37.6. The molecule has 0 aromatic rings. The van der Waals surface area contributed by atoms with Crippen molar-refractivity contribution >= 4 is 17.9 Å². The van der Waals surface area contributed by atoms with Crippen molar-refractivity contribution in [2.75, 3.05) is 13.2 Å². The summed E-state index contributed by atoms with van der Waals surface area (Å²) in [5.74, 6) is -7.43. The zero-order valence-corrected chi connectivity index (χ0v) is 37.6. The number of carboxylic acids is 3. The highest BCUT2D eigenvalue weighted by Crippen LogP contribution is 2.77. The van der Waals surface area contributed by atoms with Crippen LogP contribution in [0.4, 0.5) is 0 Å². The third-order valence-corrected chi connectivity index (χ3v) is 18.7. The van der Waals surface area contributed by atoms with Gasteiger partial charge in [-0.2, -0.15) is 0 Å². The lowest BCUT2D eigenvalue weighted by atomic mass is 9.31. The summed E-state index contributed by atoms with van der Waals surface area (Å²) >= 11 is 0. The van der Waals surface area contributed by atoms with E-state index >= 15 is 0 Å². The van der Waals surface area contributed by atoms with Gasteiger partial charge in [0.15, 0.2) is 18.7 Å². The Kier molecular flexibility index (Phi) is 12.9. The minimum Gasteiger partial charge on any atom is -0.481 e. The first-order valence-electron chi connectivity index (χ1n) is 22.6. The van der Waals surface area contributed by atoms with E-state index in [2.05, 4.69) is 19.9 Å². The number of hydrogen-bond donors (Lipinski definition) is 12. The number of ether oxygens (including phenoxy) is 4. The van der Waals surface area contributed by atoms with Crippen molar-refractivity contribution in [1.82, 2.24) is 0 Å². The molecule has 5 aliphatic carbocycles. The molecule has 0 radical (unpaired) electrons. The van der Waals surface area contributed by atoms with Gasteiger partial charge in [-0.15, -0.1) is 0 Å². The minimum absolute atomic E-state index is 0.0847. The van der Waals surface area contributed by atoms with Gasteiger partial charge in [0.25, 0.3) is 0 Å². The van der Waals surface area contributed by atoms with Crippen LogP contribution in [0.5, 0.6) is 0 Å². The van der Waals surface area contributed by atoms with Gasteiger partial charge in [0.2, 0.25) is 0 Å². The Morgan fingerprint density at radius 3 is 1.97 bits per heavy atom. The molecule has 0 amide bonds. The quantitative estimate of drug-likeness (QED) is 0.100. The van der Waals surface area contributed by atoms with E-state index in [4.69, 9.17) is 18.9 Å². The zero-order valence-electron chi connectivity index (χ0n) is 37.6. The molecule has 2 heterocycles. The fourth-order valence-electron chi connectivity index (χ4n) is 15.1. The van der Waals surface area contributed by atoms with E-state index in [9.17, 15) is 75.7 Å². The first-order valence-corrected chi connectivity index (χ1v) is 22.6. The molecule has 7 rings (SSSR count). The zero-order chi connectivity index (χ0) is 47.6. The maximum atomic E-state index is 13.3. The average Bonchev–Trinajstić information content (AvgIpc) is 3.21. The molecule has 7 aliphatic rings. The van der Waals surface area contributed by atoms with E-state index in [1.165, 1.54) is 0 Å². The number of fused-ring (bicyclic) bond motifs is 7. The van der Waals surface area contributed by atoms with Crippen molar-refractivity contribution in [2.45, 2.75) is 173 Å². The van der Waals surface area contributed by atoms with Crippen LogP contribution in [0.1, 0.15) is 93.4 Å². The molecule has 0 unspecified atom stereocenters. The largest absolute Gasteiger partial charge is 0.481 e. The van der Waals surface area contributed by atoms with Crippen molar-refractivity contribution in [3.63, 3.8) is 0 Å². The lowest BCUT2D eigenvalue weighted by Gasteiger charge is -2.73. The van der Waals surface area contributed by atoms with E-state index in [0.29, 0.717) is 32.1 Å². The first-order chi connectivity index (χ1) is 29.6. The molecular formula is C45H70O19. The summed E-state index contributed by atoms with van der Waals surface area (Å²) in [5.41, 5.74) is -4.75. The fourth-order valence-corrected chi connectivity index (χ4v) is 15.1. The predicted molar refractivity (Wildman–Crippen MR) is 218 cm³/mol. The Morgan fingerprint density at radius 2 is 1.39 bits per heavy atom. The molecule has 0 aromatic heterocycles. The lowest BCUT2D eigenvalue weighted by molar-refractivity contribution is -0.374. The van der Waals surface area contributed by atoms with Crippen LogP contribution in [-0.2, 0) is 33.3 Å². The Balaban J connectivity index is 1.21. The Labute approximate surface area is 372 Å². The third-order valence-electron chi connectivity index (χ3n) is 18.7. The molecule has 6 fully saturated rings. The van der Waals surface area contributed by atoms with Crippen LogP contribution in [0.3, 0.4) is 0 Å². The fraction of sp³-hybridized carbons (Fsp3) is 0.889. The standard InChI is InChI=1S/C45H70O19/c1-40(2)15-20-18-8-9-23-42(5)12-11-24(62-39-33(30(53)29(52)32(63-39)37(59)60)64-38-31(54)28(51)27(50)21(16-46)61-38)41(3,4)22(42)10-13-43(23,6)44(18,7)34(55)35(56)45(20,17-47)26(36(57)58)19(40)14-25(48)49/h8,19-24,26-35,38-39,46-47,50-56H,9-17H2,1-7H3,(H,48,49)(H,57,58)(H,59,60)/t19-,20-,21+,22-,23+,24-,26+,27+,28-,29-,30-,31+,32-,33+,34-,35+,38-,39+,42-,43+,44-,45+/m0/s1. The lowest BCUT2D eigenvalue weighted by Crippen LogP contribution is -2.74. The Hall–Kier alpha value is -2.37. The highest BCUT2D eigenvalue weighted by molar-refractivity contribution is 5.75. The van der Waals surface area contributed by atoms with Gasteiger partial charge in [0.1, 0.15) is 42.7 Å². The topological polar surface area (TPSA) is 331 Å². The van der Waals surface area contributed by atoms with Crippen LogP contribution in [0.15, 0.2) is 11.6 Å². The summed E-state index contributed by atoms with van der Waals surface area (Å²) in [5, 5.41) is 130. The maximum absolute atomic E-state index is 13.3. The van der Waals surface area contributed by atoms with Crippen molar-refractivity contribution in [3.05, 3.63) is 11.6 Å². The summed E-state index contributed by atoms with van der Waals surface area (Å²) in [7, 11) is 0. The summed E-state index contributed by atoms with van der Waals surface area (Å²) < 4.78 is 23.8. The molecule has 4 saturated carbocycles. The molecular weight excluding hydrogens is 844 g/mol. The number of aliphatic hydroxyl groups excluding tert-OH is 9. The van der Waals surface area contributed by atoms with Gasteiger partial charge in [0, 0.05) is 17.3 Å². The Bertz CT molecular complexity index is 1840. The van der Waals surface area contributed by atoms with Crippen LogP contribution in [0.25, 0.3) is 0 Å². The smallest absolute Gasteiger partial charge is 0.335 e. The molecule has 2 aliphatic heterocycles. The third kappa shape index (κ3) is 6.96. The second-order valence-electron chi connectivity index (χ2n) is 22.1. The molecule has 64 heavy (non-hydrogen) atoms. The van der Waals surface area contributed by atoms with Gasteiger partial charge >= 0.3 is 17.9 Å². The van der Waals surface area contributed by atoms with Gasteiger partial charge in [-0.25, -0.2) is 4.79 Å². The number of aliphatic carboxylic acids is 3. The summed E-state index contributed by atoms with van der Waals surface area (Å²) in [6.07, 6.45) is -17.3. The SMILES string of the molecule is CC1(C)C[C@H]2C3=CC[C@@H]4[C@@]5(C)CC[C@H](O[C@@H]6O[C@H](C(=O)O)[C@@H](O)[C@H](O)[C@H]6O[C@@H]6O[C@H](CO)[C@@H](O)[C@H](O)[C@H]6O)C(C)(C)[C@@H]5CC[C@@]4(C)[C@]3(C)[C@@H](O)[C@@H](O)[C@@]2(CO)[C@@H](C(=O)O)[C@@H]1CC(=O)O. The second-order valence-corrected chi connectivity index (χ2v) is 22.1. The molecule has 0 bridgehead atoms. The minimum atomic E-state index is -2.02. The number of carboxylic acid groups (broad SMARTS) is 3. The van der Waals surface area contributed by atoms with Crippen LogP contribution < -0.4 is 0 Å². The number of rotatable bonds is 10. The summed E-state index contributed by atoms with van der Waals surface area (Å²) in [6, 6.07) is 0. The van der Waals surface area contributed by atoms with Crippen molar-refractivity contribution in [3.8, 4) is 0 Å². The highest BCUT2D eigenvalue weighted by atomic mass is 16.8.